The van der Waals surface area contributed by atoms with Crippen LogP contribution < -0.4 is 20.7 Å². The molecule has 2 bridgehead atoms. The van der Waals surface area contributed by atoms with Crippen LogP contribution in [0.4, 0.5) is 20.3 Å². The number of hydrogen-bond acceptors (Lipinski definition) is 9. The average molecular weight is 569 g/mol. The smallest absolute Gasteiger partial charge is 0.318 e. The van der Waals surface area contributed by atoms with E-state index < -0.39 is 18.1 Å². The molecule has 11 heteroatoms. The number of ketones is 1. The van der Waals surface area contributed by atoms with E-state index in [1.165, 1.54) is 13.0 Å². The molecule has 5 aliphatic heterocycles. The third-order valence-corrected chi connectivity index (χ3v) is 9.80. The lowest BCUT2D eigenvalue weighted by atomic mass is 9.90. The number of Topliss-reactive ketones (excluding diaryl/α,β-unsaturated/α-hetero) is 1. The number of aryl methyl sites for hydroxylation is 1. The molecule has 220 valence electrons. The van der Waals surface area contributed by atoms with Crippen LogP contribution in [0.1, 0.15) is 77.9 Å². The molecule has 9 nitrogen and oxygen atoms in total. The maximum Gasteiger partial charge on any atom is 0.318 e. The Hall–Kier alpha value is -2.89. The van der Waals surface area contributed by atoms with Crippen molar-refractivity contribution >= 4 is 17.3 Å². The number of carbonyl (C=O) groups is 1. The highest BCUT2D eigenvalue weighted by Gasteiger charge is 2.49. The number of halogens is 2. The molecule has 4 saturated heterocycles. The maximum absolute atomic E-state index is 15.5. The topological polar surface area (TPSA) is 106 Å². The first-order valence-corrected chi connectivity index (χ1v) is 14.8. The Balaban J connectivity index is 1.24. The quantitative estimate of drug-likeness (QED) is 0.401. The van der Waals surface area contributed by atoms with Crippen LogP contribution in [0.25, 0.3) is 0 Å². The van der Waals surface area contributed by atoms with Crippen LogP contribution >= 0.6 is 0 Å². The summed E-state index contributed by atoms with van der Waals surface area (Å²) in [6, 6.07) is 2.54. The first kappa shape index (κ1) is 27.0. The molecule has 41 heavy (non-hydrogen) atoms. The normalized spacial score (nSPS) is 30.9. The summed E-state index contributed by atoms with van der Waals surface area (Å²) in [5.41, 5.74) is 8.35. The fraction of sp³-hybridized carbons (Fsp3) is 0.633. The fourth-order valence-corrected chi connectivity index (χ4v) is 7.98. The predicted octanol–water partition coefficient (Wildman–Crippen LogP) is 3.42. The highest BCUT2D eigenvalue weighted by atomic mass is 19.1. The predicted molar refractivity (Wildman–Crippen MR) is 150 cm³/mol. The zero-order valence-corrected chi connectivity index (χ0v) is 23.7. The van der Waals surface area contributed by atoms with Crippen LogP contribution in [-0.2, 0) is 17.8 Å². The first-order valence-electron chi connectivity index (χ1n) is 14.8. The van der Waals surface area contributed by atoms with Crippen molar-refractivity contribution in [2.24, 2.45) is 0 Å². The first-order chi connectivity index (χ1) is 19.7. The van der Waals surface area contributed by atoms with Gasteiger partial charge in [0.1, 0.15) is 18.6 Å². The van der Waals surface area contributed by atoms with E-state index >= 15 is 4.39 Å². The molecule has 0 radical (unpaired) electrons. The molecule has 0 spiro atoms. The molecule has 6 heterocycles. The number of carbonyl (C=O) groups excluding carboxylic acids is 1. The Kier molecular flexibility index (Phi) is 6.67. The van der Waals surface area contributed by atoms with Gasteiger partial charge >= 0.3 is 6.01 Å². The number of benzene rings is 1. The van der Waals surface area contributed by atoms with Crippen molar-refractivity contribution < 1.29 is 23.0 Å². The second-order valence-corrected chi connectivity index (χ2v) is 12.6. The van der Waals surface area contributed by atoms with Crippen molar-refractivity contribution in [2.75, 3.05) is 43.4 Å². The van der Waals surface area contributed by atoms with E-state index in [1.54, 1.807) is 6.92 Å². The van der Waals surface area contributed by atoms with E-state index in [1.807, 2.05) is 0 Å². The minimum atomic E-state index is -0.847. The van der Waals surface area contributed by atoms with E-state index in [9.17, 15) is 9.18 Å². The van der Waals surface area contributed by atoms with Gasteiger partial charge in [0, 0.05) is 61.2 Å². The van der Waals surface area contributed by atoms with E-state index in [2.05, 4.69) is 15.1 Å². The van der Waals surface area contributed by atoms with Crippen molar-refractivity contribution in [1.82, 2.24) is 20.2 Å². The molecule has 4 fully saturated rings. The molecule has 2 aromatic rings. The lowest BCUT2D eigenvalue weighted by Gasteiger charge is -2.37. The zero-order chi connectivity index (χ0) is 28.5. The Bertz CT molecular complexity index is 1380. The summed E-state index contributed by atoms with van der Waals surface area (Å²) in [5.74, 6) is -0.0767. The van der Waals surface area contributed by atoms with Gasteiger partial charge in [-0.05, 0) is 57.7 Å². The molecule has 1 aromatic heterocycles. The lowest BCUT2D eigenvalue weighted by molar-refractivity contribution is 0.0226. The minimum absolute atomic E-state index is 0.0105. The van der Waals surface area contributed by atoms with E-state index in [0.717, 1.165) is 62.4 Å². The number of nitrogen functional groups attached to an aromatic ring is 1. The number of nitrogens with one attached hydrogen (secondary N) is 1. The van der Waals surface area contributed by atoms with Gasteiger partial charge in [0.15, 0.2) is 11.6 Å². The maximum atomic E-state index is 15.5. The number of ether oxygens (including phenoxy) is 2. The molecule has 2 unspecified atom stereocenters. The van der Waals surface area contributed by atoms with Crippen LogP contribution in [-0.4, -0.2) is 77.2 Å². The average Bonchev–Trinajstić information content (AvgIpc) is 3.58. The van der Waals surface area contributed by atoms with Gasteiger partial charge in [-0.15, -0.1) is 0 Å². The van der Waals surface area contributed by atoms with E-state index in [0.29, 0.717) is 42.8 Å². The SMILES string of the molecule is CC(=O)c1c(C)cc(N)c(F)c1[C@H]1Cc2nc(OC[C@@]34CCCN3C[C@H](F)C4)nc(N3CC4CCC(C3)N4)c2CO1. The van der Waals surface area contributed by atoms with Crippen molar-refractivity contribution in [1.29, 1.82) is 0 Å². The summed E-state index contributed by atoms with van der Waals surface area (Å²) in [7, 11) is 0. The van der Waals surface area contributed by atoms with Crippen molar-refractivity contribution in [3.05, 3.63) is 39.8 Å². The molecule has 0 aliphatic carbocycles. The highest BCUT2D eigenvalue weighted by Crippen LogP contribution is 2.42. The number of nitrogens with two attached hydrogens (primary N) is 1. The number of hydrogen-bond donors (Lipinski definition) is 2. The Morgan fingerprint density at radius 3 is 2.80 bits per heavy atom. The lowest BCUT2D eigenvalue weighted by Crippen LogP contribution is -2.52. The summed E-state index contributed by atoms with van der Waals surface area (Å²) in [5, 5.41) is 3.66. The zero-order valence-electron chi connectivity index (χ0n) is 23.7. The number of rotatable bonds is 6. The van der Waals surface area contributed by atoms with Gasteiger partial charge in [0.2, 0.25) is 0 Å². The molecule has 7 rings (SSSR count). The largest absolute Gasteiger partial charge is 0.461 e. The number of anilines is 2. The summed E-state index contributed by atoms with van der Waals surface area (Å²) < 4.78 is 42.5. The number of alkyl halides is 1. The molecular formula is C30H38F2N6O3. The van der Waals surface area contributed by atoms with Crippen LogP contribution in [0.2, 0.25) is 0 Å². The number of piperazine rings is 1. The number of aromatic nitrogens is 2. The highest BCUT2D eigenvalue weighted by molar-refractivity contribution is 5.97. The third kappa shape index (κ3) is 4.66. The number of fused-ring (bicyclic) bond motifs is 4. The van der Waals surface area contributed by atoms with Gasteiger partial charge in [-0.25, -0.2) is 8.78 Å². The van der Waals surface area contributed by atoms with Gasteiger partial charge in [-0.2, -0.15) is 9.97 Å². The molecule has 1 aromatic carbocycles. The second kappa shape index (κ2) is 10.1. The minimum Gasteiger partial charge on any atom is -0.461 e. The van der Waals surface area contributed by atoms with Crippen LogP contribution in [0.5, 0.6) is 6.01 Å². The van der Waals surface area contributed by atoms with Crippen LogP contribution in [0.3, 0.4) is 0 Å². The Labute approximate surface area is 238 Å². The van der Waals surface area contributed by atoms with Crippen molar-refractivity contribution in [2.45, 2.75) is 88.9 Å². The summed E-state index contributed by atoms with van der Waals surface area (Å²) in [4.78, 5) is 26.8. The monoisotopic (exact) mass is 568 g/mol. The van der Waals surface area contributed by atoms with Gasteiger partial charge in [0.25, 0.3) is 0 Å². The van der Waals surface area contributed by atoms with Gasteiger partial charge < -0.3 is 25.4 Å². The van der Waals surface area contributed by atoms with Gasteiger partial charge in [0.05, 0.1) is 29.6 Å². The summed E-state index contributed by atoms with van der Waals surface area (Å²) >= 11 is 0. The van der Waals surface area contributed by atoms with Crippen molar-refractivity contribution in [3.8, 4) is 6.01 Å². The molecule has 3 N–H and O–H groups in total. The molecule has 0 saturated carbocycles. The molecule has 5 atom stereocenters. The summed E-state index contributed by atoms with van der Waals surface area (Å²) in [6.07, 6.45) is 3.31. The van der Waals surface area contributed by atoms with Crippen LogP contribution in [0.15, 0.2) is 6.07 Å². The second-order valence-electron chi connectivity index (χ2n) is 12.6. The molecular weight excluding hydrogens is 530 g/mol. The van der Waals surface area contributed by atoms with Crippen molar-refractivity contribution in [3.63, 3.8) is 0 Å². The summed E-state index contributed by atoms with van der Waals surface area (Å²) in [6.45, 7) is 6.67. The van der Waals surface area contributed by atoms with Gasteiger partial charge in [-0.3, -0.25) is 9.69 Å². The van der Waals surface area contributed by atoms with E-state index in [-0.39, 0.29) is 41.6 Å². The Morgan fingerprint density at radius 1 is 1.27 bits per heavy atom. The number of nitrogens with zero attached hydrogens (tertiary/aromatic N) is 4. The standard InChI is InChI=1S/C30H38F2N6O3/c1-16-8-22(33)27(32)26(25(16)17(2)39)24-9-23-21(14-40-24)28(37-12-19-4-5-20(13-37)34-19)36-29(35-23)41-15-30-6-3-7-38(30)11-18(31)10-30/h8,18-20,24,34H,3-7,9-15,33H2,1-2H3/t18-,19?,20?,24-,30+/m1/s1. The molecule has 0 amide bonds. The third-order valence-electron chi connectivity index (χ3n) is 9.80. The Morgan fingerprint density at radius 2 is 2.05 bits per heavy atom. The van der Waals surface area contributed by atoms with Gasteiger partial charge in [-0.1, -0.05) is 0 Å². The van der Waals surface area contributed by atoms with E-state index in [4.69, 9.17) is 25.2 Å². The molecule has 5 aliphatic rings. The fourth-order valence-electron chi connectivity index (χ4n) is 7.98. The van der Waals surface area contributed by atoms with Crippen LogP contribution in [0, 0.1) is 12.7 Å².